The number of rotatable bonds is 4. The molecule has 0 spiro atoms. The Bertz CT molecular complexity index is 317. The molecule has 76 valence electrons. The third kappa shape index (κ3) is 3.10. The van der Waals surface area contributed by atoms with E-state index in [4.69, 9.17) is 5.73 Å². The van der Waals surface area contributed by atoms with Crippen LogP contribution in [0.5, 0.6) is 0 Å². The Balaban J connectivity index is 2.52. The van der Waals surface area contributed by atoms with Crippen molar-refractivity contribution in [1.29, 1.82) is 0 Å². The number of nitrogens with two attached hydrogens (primary N) is 1. The molecule has 0 fully saturated rings. The second-order valence-electron chi connectivity index (χ2n) is 2.77. The van der Waals surface area contributed by atoms with Crippen molar-refractivity contribution in [3.05, 3.63) is 29.8 Å². The van der Waals surface area contributed by atoms with Crippen molar-refractivity contribution in [1.82, 2.24) is 10.3 Å². The normalized spacial score (nSPS) is 9.86. The number of hydrogen-bond acceptors (Lipinski definition) is 3. The third-order valence-corrected chi connectivity index (χ3v) is 1.66. The molecule has 14 heavy (non-hydrogen) atoms. The lowest BCUT2D eigenvalue weighted by Gasteiger charge is -2.03. The van der Waals surface area contributed by atoms with E-state index in [1.807, 2.05) is 0 Å². The predicted molar refractivity (Wildman–Crippen MR) is 50.2 cm³/mol. The van der Waals surface area contributed by atoms with Crippen molar-refractivity contribution in [3.63, 3.8) is 0 Å². The molecule has 0 aliphatic rings. The molecule has 0 aliphatic carbocycles. The minimum Gasteiger partial charge on any atom is -0.352 e. The number of halogens is 1. The largest absolute Gasteiger partial charge is 0.352 e. The monoisotopic (exact) mass is 197 g/mol. The molecule has 4 nitrogen and oxygen atoms in total. The molecule has 0 aromatic carbocycles. The molecule has 0 radical (unpaired) electrons. The van der Waals surface area contributed by atoms with Crippen molar-refractivity contribution in [2.45, 2.75) is 6.42 Å². The maximum atomic E-state index is 12.6. The first-order chi connectivity index (χ1) is 6.74. The Morgan fingerprint density at radius 3 is 3.07 bits per heavy atom. The summed E-state index contributed by atoms with van der Waals surface area (Å²) >= 11 is 0. The van der Waals surface area contributed by atoms with E-state index in [1.54, 1.807) is 0 Å². The minimum atomic E-state index is -0.656. The molecular formula is C9H12FN3O. The Morgan fingerprint density at radius 1 is 1.64 bits per heavy atom. The standard InChI is InChI=1S/C9H12FN3O/c10-8-6-7(2-5-12-8)9(14)13-4-1-3-11/h2,5-6H,1,3-4,11H2,(H,13,14). The average molecular weight is 197 g/mol. The first kappa shape index (κ1) is 10.6. The van der Waals surface area contributed by atoms with Gasteiger partial charge in [0, 0.05) is 24.4 Å². The van der Waals surface area contributed by atoms with Gasteiger partial charge in [-0.05, 0) is 19.0 Å². The summed E-state index contributed by atoms with van der Waals surface area (Å²) in [6, 6.07) is 2.55. The third-order valence-electron chi connectivity index (χ3n) is 1.66. The van der Waals surface area contributed by atoms with Crippen LogP contribution in [-0.4, -0.2) is 24.0 Å². The van der Waals surface area contributed by atoms with Crippen LogP contribution in [0.1, 0.15) is 16.8 Å². The van der Waals surface area contributed by atoms with E-state index < -0.39 is 5.95 Å². The number of pyridine rings is 1. The molecule has 1 rings (SSSR count). The van der Waals surface area contributed by atoms with Gasteiger partial charge in [-0.25, -0.2) is 4.98 Å². The maximum Gasteiger partial charge on any atom is 0.251 e. The topological polar surface area (TPSA) is 68.0 Å². The number of aromatic nitrogens is 1. The number of nitrogens with zero attached hydrogens (tertiary/aromatic N) is 1. The number of amides is 1. The fourth-order valence-electron chi connectivity index (χ4n) is 0.950. The summed E-state index contributed by atoms with van der Waals surface area (Å²) in [4.78, 5) is 14.7. The van der Waals surface area contributed by atoms with Gasteiger partial charge in [0.25, 0.3) is 5.91 Å². The molecule has 1 aromatic heterocycles. The summed E-state index contributed by atoms with van der Waals surface area (Å²) < 4.78 is 12.6. The van der Waals surface area contributed by atoms with E-state index in [1.165, 1.54) is 12.3 Å². The number of nitrogens with one attached hydrogen (secondary N) is 1. The highest BCUT2D eigenvalue weighted by molar-refractivity contribution is 5.93. The molecule has 1 heterocycles. The fourth-order valence-corrected chi connectivity index (χ4v) is 0.950. The van der Waals surface area contributed by atoms with Gasteiger partial charge in [0.1, 0.15) is 0 Å². The molecule has 5 heteroatoms. The molecule has 1 aromatic rings. The Kier molecular flexibility index (Phi) is 4.00. The predicted octanol–water partition coefficient (Wildman–Crippen LogP) is 0.299. The summed E-state index contributed by atoms with van der Waals surface area (Å²) in [5, 5.41) is 2.61. The highest BCUT2D eigenvalue weighted by Gasteiger charge is 2.05. The van der Waals surface area contributed by atoms with E-state index >= 15 is 0 Å². The quantitative estimate of drug-likeness (QED) is 0.538. The van der Waals surface area contributed by atoms with Gasteiger partial charge in [0.15, 0.2) is 0 Å². The highest BCUT2D eigenvalue weighted by atomic mass is 19.1. The van der Waals surface area contributed by atoms with Crippen LogP contribution in [0, 0.1) is 5.95 Å². The first-order valence-corrected chi connectivity index (χ1v) is 4.34. The highest BCUT2D eigenvalue weighted by Crippen LogP contribution is 1.99. The first-order valence-electron chi connectivity index (χ1n) is 4.34. The van der Waals surface area contributed by atoms with Crippen LogP contribution >= 0.6 is 0 Å². The van der Waals surface area contributed by atoms with Crippen molar-refractivity contribution in [2.75, 3.05) is 13.1 Å². The molecule has 3 N–H and O–H groups in total. The van der Waals surface area contributed by atoms with Gasteiger partial charge in [-0.2, -0.15) is 4.39 Å². The van der Waals surface area contributed by atoms with E-state index in [2.05, 4.69) is 10.3 Å². The number of hydrogen-bond donors (Lipinski definition) is 2. The molecule has 0 saturated heterocycles. The van der Waals surface area contributed by atoms with Crippen LogP contribution in [0.25, 0.3) is 0 Å². The minimum absolute atomic E-state index is 0.273. The van der Waals surface area contributed by atoms with Crippen molar-refractivity contribution < 1.29 is 9.18 Å². The SMILES string of the molecule is NCCCNC(=O)c1ccnc(F)c1. The molecule has 1 amide bonds. The van der Waals surface area contributed by atoms with E-state index in [0.29, 0.717) is 19.5 Å². The zero-order valence-electron chi connectivity index (χ0n) is 7.66. The van der Waals surface area contributed by atoms with Gasteiger partial charge in [0.05, 0.1) is 0 Å². The molecule has 0 unspecified atom stereocenters. The average Bonchev–Trinajstić information content (AvgIpc) is 2.18. The van der Waals surface area contributed by atoms with E-state index in [-0.39, 0.29) is 11.5 Å². The van der Waals surface area contributed by atoms with Gasteiger partial charge in [-0.3, -0.25) is 4.79 Å². The lowest BCUT2D eigenvalue weighted by Crippen LogP contribution is -2.26. The molecule has 0 bridgehead atoms. The summed E-state index contributed by atoms with van der Waals surface area (Å²) in [5.74, 6) is -0.962. The zero-order chi connectivity index (χ0) is 10.4. The molecule has 0 saturated carbocycles. The van der Waals surface area contributed by atoms with Crippen LogP contribution in [0.4, 0.5) is 4.39 Å². The lowest BCUT2D eigenvalue weighted by molar-refractivity contribution is 0.0953. The summed E-state index contributed by atoms with van der Waals surface area (Å²) in [6.45, 7) is 1.02. The van der Waals surface area contributed by atoms with Crippen LogP contribution in [0.3, 0.4) is 0 Å². The maximum absolute atomic E-state index is 12.6. The molecular weight excluding hydrogens is 185 g/mol. The van der Waals surface area contributed by atoms with Gasteiger partial charge >= 0.3 is 0 Å². The second kappa shape index (κ2) is 5.29. The van der Waals surface area contributed by atoms with Crippen LogP contribution < -0.4 is 11.1 Å². The summed E-state index contributed by atoms with van der Waals surface area (Å²) in [6.07, 6.45) is 1.96. The van der Waals surface area contributed by atoms with Crippen molar-refractivity contribution in [2.24, 2.45) is 5.73 Å². The van der Waals surface area contributed by atoms with Crippen LogP contribution in [0.15, 0.2) is 18.3 Å². The summed E-state index contributed by atoms with van der Waals surface area (Å²) in [5.41, 5.74) is 5.53. The Morgan fingerprint density at radius 2 is 2.43 bits per heavy atom. The smallest absolute Gasteiger partial charge is 0.251 e. The molecule has 0 aliphatic heterocycles. The summed E-state index contributed by atoms with van der Waals surface area (Å²) in [7, 11) is 0. The van der Waals surface area contributed by atoms with Crippen molar-refractivity contribution >= 4 is 5.91 Å². The molecule has 0 atom stereocenters. The van der Waals surface area contributed by atoms with Gasteiger partial charge < -0.3 is 11.1 Å². The van der Waals surface area contributed by atoms with Crippen LogP contribution in [0.2, 0.25) is 0 Å². The second-order valence-corrected chi connectivity index (χ2v) is 2.77. The van der Waals surface area contributed by atoms with Gasteiger partial charge in [-0.1, -0.05) is 0 Å². The Hall–Kier alpha value is -1.49. The van der Waals surface area contributed by atoms with Gasteiger partial charge in [0.2, 0.25) is 5.95 Å². The number of carbonyl (C=O) groups excluding carboxylic acids is 1. The van der Waals surface area contributed by atoms with E-state index in [9.17, 15) is 9.18 Å². The van der Waals surface area contributed by atoms with Crippen LogP contribution in [-0.2, 0) is 0 Å². The Labute approximate surface area is 81.3 Å². The number of carbonyl (C=O) groups is 1. The lowest BCUT2D eigenvalue weighted by atomic mass is 10.2. The van der Waals surface area contributed by atoms with Crippen molar-refractivity contribution in [3.8, 4) is 0 Å². The van der Waals surface area contributed by atoms with E-state index in [0.717, 1.165) is 6.07 Å². The van der Waals surface area contributed by atoms with Gasteiger partial charge in [-0.15, -0.1) is 0 Å². The fraction of sp³-hybridized carbons (Fsp3) is 0.333. The zero-order valence-corrected chi connectivity index (χ0v) is 7.66.